The minimum atomic E-state index is 0.397. The van der Waals surface area contributed by atoms with Crippen molar-refractivity contribution < 1.29 is 0 Å². The highest BCUT2D eigenvalue weighted by Crippen LogP contribution is 2.32. The van der Waals surface area contributed by atoms with E-state index in [-0.39, 0.29) is 0 Å². The standard InChI is InChI=1S/C26H32N6/c1-20-24-8-5-16-32(17-11-23-7-2-3-12-28-23)26(24)30-25(29-20)22-6-4-15-31(19-22)18-21-9-13-27-14-10-21/h2-3,7,9-10,12-14,22H,4-6,8,11,15-19H2,1H3/t22-/m0/s1. The molecule has 1 atom stereocenters. The summed E-state index contributed by atoms with van der Waals surface area (Å²) in [6, 6.07) is 10.4. The number of aromatic nitrogens is 4. The fourth-order valence-corrected chi connectivity index (χ4v) is 5.06. The molecule has 0 aromatic carbocycles. The predicted octanol–water partition coefficient (Wildman–Crippen LogP) is 3.95. The highest BCUT2D eigenvalue weighted by molar-refractivity contribution is 5.51. The van der Waals surface area contributed by atoms with Gasteiger partial charge in [-0.3, -0.25) is 14.9 Å². The van der Waals surface area contributed by atoms with Crippen LogP contribution in [-0.4, -0.2) is 51.0 Å². The van der Waals surface area contributed by atoms with Crippen molar-refractivity contribution >= 4 is 5.82 Å². The molecule has 0 unspecified atom stereocenters. The molecule has 32 heavy (non-hydrogen) atoms. The number of nitrogens with zero attached hydrogens (tertiary/aromatic N) is 6. The molecule has 6 heteroatoms. The SMILES string of the molecule is Cc1nc([C@H]2CCCN(Cc3ccncc3)C2)nc2c1CCCN2CCc1ccccn1. The molecule has 2 aliphatic rings. The van der Waals surface area contributed by atoms with Gasteiger partial charge in [-0.05, 0) is 69.0 Å². The smallest absolute Gasteiger partial charge is 0.135 e. The average molecular weight is 429 g/mol. The van der Waals surface area contributed by atoms with E-state index < -0.39 is 0 Å². The van der Waals surface area contributed by atoms with E-state index in [9.17, 15) is 0 Å². The van der Waals surface area contributed by atoms with Crippen molar-refractivity contribution in [1.82, 2.24) is 24.8 Å². The third kappa shape index (κ3) is 4.80. The molecule has 5 rings (SSSR count). The molecular weight excluding hydrogens is 396 g/mol. The Kier molecular flexibility index (Phi) is 6.39. The van der Waals surface area contributed by atoms with Crippen LogP contribution in [0.25, 0.3) is 0 Å². The Balaban J connectivity index is 1.33. The molecule has 0 saturated carbocycles. The molecule has 0 aliphatic carbocycles. The topological polar surface area (TPSA) is 58.0 Å². The van der Waals surface area contributed by atoms with E-state index in [4.69, 9.17) is 9.97 Å². The van der Waals surface area contributed by atoms with E-state index in [0.29, 0.717) is 5.92 Å². The Bertz CT molecular complexity index is 1020. The number of piperidine rings is 1. The molecule has 3 aromatic rings. The summed E-state index contributed by atoms with van der Waals surface area (Å²) in [5.41, 5.74) is 4.97. The summed E-state index contributed by atoms with van der Waals surface area (Å²) >= 11 is 0. The molecule has 3 aromatic heterocycles. The maximum atomic E-state index is 5.19. The van der Waals surface area contributed by atoms with Crippen LogP contribution in [-0.2, 0) is 19.4 Å². The molecule has 1 saturated heterocycles. The van der Waals surface area contributed by atoms with E-state index in [0.717, 1.165) is 57.1 Å². The first kappa shape index (κ1) is 21.0. The predicted molar refractivity (Wildman–Crippen MR) is 127 cm³/mol. The Morgan fingerprint density at radius 2 is 1.91 bits per heavy atom. The summed E-state index contributed by atoms with van der Waals surface area (Å²) in [5.74, 6) is 2.60. The maximum absolute atomic E-state index is 5.19. The molecule has 0 spiro atoms. The van der Waals surface area contributed by atoms with Gasteiger partial charge in [0.25, 0.3) is 0 Å². The van der Waals surface area contributed by atoms with Gasteiger partial charge in [-0.1, -0.05) is 6.07 Å². The van der Waals surface area contributed by atoms with Crippen molar-refractivity contribution in [2.75, 3.05) is 31.1 Å². The Morgan fingerprint density at radius 3 is 2.75 bits per heavy atom. The number of pyridine rings is 2. The quantitative estimate of drug-likeness (QED) is 0.593. The number of anilines is 1. The monoisotopic (exact) mass is 428 g/mol. The van der Waals surface area contributed by atoms with Crippen LogP contribution < -0.4 is 4.90 Å². The summed E-state index contributed by atoms with van der Waals surface area (Å²) in [4.78, 5) is 23.9. The van der Waals surface area contributed by atoms with Gasteiger partial charge in [0, 0.05) is 74.1 Å². The van der Waals surface area contributed by atoms with Gasteiger partial charge >= 0.3 is 0 Å². The zero-order valence-corrected chi connectivity index (χ0v) is 19.0. The van der Waals surface area contributed by atoms with E-state index >= 15 is 0 Å². The molecule has 5 heterocycles. The van der Waals surface area contributed by atoms with Gasteiger partial charge < -0.3 is 4.90 Å². The highest BCUT2D eigenvalue weighted by Gasteiger charge is 2.27. The van der Waals surface area contributed by atoms with Crippen molar-refractivity contribution in [1.29, 1.82) is 0 Å². The normalized spacial score (nSPS) is 19.0. The number of aryl methyl sites for hydroxylation is 1. The average Bonchev–Trinajstić information content (AvgIpc) is 2.84. The van der Waals surface area contributed by atoms with Gasteiger partial charge in [0.15, 0.2) is 0 Å². The molecular formula is C26H32N6. The molecule has 0 radical (unpaired) electrons. The molecule has 6 nitrogen and oxygen atoms in total. The summed E-state index contributed by atoms with van der Waals surface area (Å²) < 4.78 is 0. The largest absolute Gasteiger partial charge is 0.356 e. The number of likely N-dealkylation sites (tertiary alicyclic amines) is 1. The van der Waals surface area contributed by atoms with E-state index in [1.54, 1.807) is 0 Å². The molecule has 2 aliphatic heterocycles. The first-order valence-electron chi connectivity index (χ1n) is 11.9. The minimum absolute atomic E-state index is 0.397. The summed E-state index contributed by atoms with van der Waals surface area (Å²) in [5, 5.41) is 0. The number of fused-ring (bicyclic) bond motifs is 1. The zero-order valence-electron chi connectivity index (χ0n) is 19.0. The van der Waals surface area contributed by atoms with E-state index in [2.05, 4.69) is 51.0 Å². The van der Waals surface area contributed by atoms with Crippen molar-refractivity contribution in [3.05, 3.63) is 77.3 Å². The summed E-state index contributed by atoms with van der Waals surface area (Å²) in [7, 11) is 0. The fraction of sp³-hybridized carbons (Fsp3) is 0.462. The van der Waals surface area contributed by atoms with E-state index in [1.807, 2.05) is 24.7 Å². The van der Waals surface area contributed by atoms with Crippen LogP contribution >= 0.6 is 0 Å². The lowest BCUT2D eigenvalue weighted by molar-refractivity contribution is 0.196. The van der Waals surface area contributed by atoms with Gasteiger partial charge in [0.2, 0.25) is 0 Å². The lowest BCUT2D eigenvalue weighted by Gasteiger charge is -2.34. The van der Waals surface area contributed by atoms with Crippen LogP contribution in [0.2, 0.25) is 0 Å². The van der Waals surface area contributed by atoms with Gasteiger partial charge in [-0.15, -0.1) is 0 Å². The van der Waals surface area contributed by atoms with Gasteiger partial charge in [0.05, 0.1) is 0 Å². The molecule has 0 N–H and O–H groups in total. The Labute approximate surface area is 190 Å². The molecule has 166 valence electrons. The number of hydrogen-bond donors (Lipinski definition) is 0. The van der Waals surface area contributed by atoms with E-state index in [1.165, 1.54) is 41.9 Å². The second-order valence-electron chi connectivity index (χ2n) is 9.06. The summed E-state index contributed by atoms with van der Waals surface area (Å²) in [6.45, 7) is 7.32. The van der Waals surface area contributed by atoms with Crippen molar-refractivity contribution in [3.63, 3.8) is 0 Å². The second kappa shape index (κ2) is 9.74. The fourth-order valence-electron chi connectivity index (χ4n) is 5.06. The summed E-state index contributed by atoms with van der Waals surface area (Å²) in [6.07, 6.45) is 11.2. The number of hydrogen-bond acceptors (Lipinski definition) is 6. The van der Waals surface area contributed by atoms with Gasteiger partial charge in [0.1, 0.15) is 11.6 Å². The van der Waals surface area contributed by atoms with Crippen molar-refractivity contribution in [3.8, 4) is 0 Å². The Morgan fingerprint density at radius 1 is 1.00 bits per heavy atom. The Hall–Kier alpha value is -2.86. The molecule has 0 amide bonds. The van der Waals surface area contributed by atoms with Gasteiger partial charge in [-0.2, -0.15) is 0 Å². The number of rotatable bonds is 6. The maximum Gasteiger partial charge on any atom is 0.135 e. The lowest BCUT2D eigenvalue weighted by Crippen LogP contribution is -2.36. The third-order valence-corrected chi connectivity index (χ3v) is 6.75. The van der Waals surface area contributed by atoms with Crippen LogP contribution in [0.3, 0.4) is 0 Å². The van der Waals surface area contributed by atoms with Crippen LogP contribution in [0.1, 0.15) is 53.5 Å². The molecule has 1 fully saturated rings. The highest BCUT2D eigenvalue weighted by atomic mass is 15.2. The first-order chi connectivity index (χ1) is 15.8. The van der Waals surface area contributed by atoms with Gasteiger partial charge in [-0.25, -0.2) is 9.97 Å². The lowest BCUT2D eigenvalue weighted by atomic mass is 9.95. The molecule has 0 bridgehead atoms. The zero-order chi connectivity index (χ0) is 21.8. The van der Waals surface area contributed by atoms with Crippen LogP contribution in [0.4, 0.5) is 5.82 Å². The van der Waals surface area contributed by atoms with Crippen molar-refractivity contribution in [2.45, 2.75) is 51.5 Å². The van der Waals surface area contributed by atoms with Crippen LogP contribution in [0, 0.1) is 6.92 Å². The van der Waals surface area contributed by atoms with Crippen LogP contribution in [0.5, 0.6) is 0 Å². The minimum Gasteiger partial charge on any atom is -0.356 e. The first-order valence-corrected chi connectivity index (χ1v) is 11.9. The third-order valence-electron chi connectivity index (χ3n) is 6.75. The second-order valence-corrected chi connectivity index (χ2v) is 9.06. The van der Waals surface area contributed by atoms with Crippen molar-refractivity contribution in [2.24, 2.45) is 0 Å². The van der Waals surface area contributed by atoms with Crippen LogP contribution in [0.15, 0.2) is 48.9 Å².